The van der Waals surface area contributed by atoms with E-state index in [4.69, 9.17) is 9.47 Å². The van der Waals surface area contributed by atoms with Gasteiger partial charge in [0.15, 0.2) is 11.9 Å². The van der Waals surface area contributed by atoms with E-state index in [1.165, 1.54) is 22.8 Å². The van der Waals surface area contributed by atoms with Gasteiger partial charge in [0.1, 0.15) is 28.7 Å². The summed E-state index contributed by atoms with van der Waals surface area (Å²) in [5.74, 6) is -2.63. The number of carbonyl (C=O) groups is 2. The van der Waals surface area contributed by atoms with Gasteiger partial charge in [0.2, 0.25) is 6.41 Å². The molecule has 0 aliphatic rings. The van der Waals surface area contributed by atoms with Gasteiger partial charge >= 0.3 is 5.97 Å². The van der Waals surface area contributed by atoms with E-state index < -0.39 is 36.2 Å². The van der Waals surface area contributed by atoms with Crippen LogP contribution in [0, 0.1) is 11.6 Å². The Morgan fingerprint density at radius 2 is 2.00 bits per heavy atom. The molecule has 11 nitrogen and oxygen atoms in total. The first-order valence-electron chi connectivity index (χ1n) is 11.0. The Labute approximate surface area is 233 Å². The minimum Gasteiger partial charge on any atom is -0.460 e. The smallest absolute Gasteiger partial charge is 0.320 e. The number of aromatic nitrogens is 3. The number of esters is 1. The molecule has 1 amide bonds. The van der Waals surface area contributed by atoms with Crippen LogP contribution in [0.25, 0.3) is 0 Å². The van der Waals surface area contributed by atoms with Gasteiger partial charge in [-0.3, -0.25) is 9.59 Å². The minimum absolute atomic E-state index is 0.0435. The van der Waals surface area contributed by atoms with Crippen molar-refractivity contribution in [1.29, 1.82) is 0 Å². The molecule has 15 heteroatoms. The first-order valence-corrected chi connectivity index (χ1v) is 12.6. The zero-order valence-corrected chi connectivity index (χ0v) is 23.6. The summed E-state index contributed by atoms with van der Waals surface area (Å²) in [6, 6.07) is 6.10. The fourth-order valence-electron chi connectivity index (χ4n) is 3.20. The number of halogens is 4. The van der Waals surface area contributed by atoms with Crippen LogP contribution in [0.1, 0.15) is 29.2 Å². The largest absolute Gasteiger partial charge is 0.460 e. The normalized spacial score (nSPS) is 12.6. The SMILES string of the molecule is CNCC(=O)OCc1cccnc1N(C)C(O)OC(C)n1nc(C(=O)Nc2ccc(F)cc2F)c(Br)c1Br. The highest BCUT2D eigenvalue weighted by molar-refractivity contribution is 9.13. The molecule has 2 aromatic heterocycles. The van der Waals surface area contributed by atoms with Gasteiger partial charge in [-0.15, -0.1) is 0 Å². The Morgan fingerprint density at radius 1 is 1.26 bits per heavy atom. The van der Waals surface area contributed by atoms with Crippen molar-refractivity contribution in [2.45, 2.75) is 26.2 Å². The maximum Gasteiger partial charge on any atom is 0.320 e. The predicted octanol–water partition coefficient (Wildman–Crippen LogP) is 3.54. The van der Waals surface area contributed by atoms with Gasteiger partial charge in [0, 0.05) is 24.9 Å². The minimum atomic E-state index is -1.52. The molecule has 3 rings (SSSR count). The second-order valence-corrected chi connectivity index (χ2v) is 9.37. The van der Waals surface area contributed by atoms with Crippen molar-refractivity contribution in [3.63, 3.8) is 0 Å². The number of benzene rings is 1. The van der Waals surface area contributed by atoms with E-state index in [0.29, 0.717) is 22.1 Å². The lowest BCUT2D eigenvalue weighted by Gasteiger charge is -2.28. The highest BCUT2D eigenvalue weighted by atomic mass is 79.9. The monoisotopic (exact) mass is 660 g/mol. The third-order valence-corrected chi connectivity index (χ3v) is 7.14. The average Bonchev–Trinajstić information content (AvgIpc) is 3.18. The number of anilines is 2. The lowest BCUT2D eigenvalue weighted by Crippen LogP contribution is -2.37. The van der Waals surface area contributed by atoms with E-state index in [2.05, 4.69) is 52.6 Å². The standard InChI is InChI=1S/C23H24Br2F2N6O5/c1-12(38-23(36)32(3)21-13(5-4-8-29-21)11-37-17(34)10-28-2)33-20(25)18(24)19(31-33)22(35)30-16-7-6-14(26)9-15(16)27/h4-9,12,23,28,36H,10-11H2,1-3H3,(H,30,35). The Hall–Kier alpha value is -2.98. The van der Waals surface area contributed by atoms with E-state index in [1.807, 2.05) is 0 Å². The summed E-state index contributed by atoms with van der Waals surface area (Å²) in [5.41, 5.74) is 0.192. The fourth-order valence-corrected chi connectivity index (χ4v) is 4.19. The summed E-state index contributed by atoms with van der Waals surface area (Å²) in [5, 5.41) is 20.0. The van der Waals surface area contributed by atoms with Crippen molar-refractivity contribution in [3.05, 3.63) is 68.5 Å². The summed E-state index contributed by atoms with van der Waals surface area (Å²) in [7, 11) is 3.15. The highest BCUT2D eigenvalue weighted by Crippen LogP contribution is 2.31. The van der Waals surface area contributed by atoms with Crippen LogP contribution < -0.4 is 15.5 Å². The molecule has 0 spiro atoms. The van der Waals surface area contributed by atoms with Gasteiger partial charge in [-0.25, -0.2) is 18.4 Å². The van der Waals surface area contributed by atoms with Crippen LogP contribution in [0.5, 0.6) is 0 Å². The number of aliphatic hydroxyl groups is 1. The zero-order valence-electron chi connectivity index (χ0n) is 20.4. The topological polar surface area (TPSA) is 131 Å². The van der Waals surface area contributed by atoms with Crippen LogP contribution in [0.2, 0.25) is 0 Å². The van der Waals surface area contributed by atoms with Crippen molar-refractivity contribution < 1.29 is 33.0 Å². The molecule has 0 fully saturated rings. The van der Waals surface area contributed by atoms with E-state index in [-0.39, 0.29) is 29.0 Å². The lowest BCUT2D eigenvalue weighted by atomic mass is 10.2. The number of hydrogen-bond donors (Lipinski definition) is 3. The number of rotatable bonds is 11. The van der Waals surface area contributed by atoms with Crippen LogP contribution >= 0.6 is 31.9 Å². The molecule has 2 atom stereocenters. The molecule has 38 heavy (non-hydrogen) atoms. The third-order valence-electron chi connectivity index (χ3n) is 5.10. The molecule has 1 aromatic carbocycles. The highest BCUT2D eigenvalue weighted by Gasteiger charge is 2.26. The maximum absolute atomic E-state index is 14.0. The quantitative estimate of drug-likeness (QED) is 0.209. The second kappa shape index (κ2) is 13.2. The molecule has 3 aromatic rings. The Balaban J connectivity index is 1.72. The zero-order chi connectivity index (χ0) is 28.0. The van der Waals surface area contributed by atoms with Crippen LogP contribution in [-0.4, -0.2) is 58.8 Å². The average molecular weight is 662 g/mol. The number of ether oxygens (including phenoxy) is 2. The molecular formula is C23H24Br2F2N6O5. The number of amides is 1. The molecule has 0 bridgehead atoms. The molecule has 0 aliphatic carbocycles. The van der Waals surface area contributed by atoms with Crippen molar-refractivity contribution in [1.82, 2.24) is 20.1 Å². The number of pyridine rings is 1. The molecule has 0 aliphatic heterocycles. The van der Waals surface area contributed by atoms with Gasteiger partial charge in [-0.1, -0.05) is 6.07 Å². The number of aliphatic hydroxyl groups excluding tert-OH is 1. The maximum atomic E-state index is 14.0. The molecule has 204 valence electrons. The number of carbonyl (C=O) groups excluding carboxylic acids is 2. The van der Waals surface area contributed by atoms with Crippen LogP contribution in [0.15, 0.2) is 45.6 Å². The molecule has 2 unspecified atom stereocenters. The number of nitrogens with zero attached hydrogens (tertiary/aromatic N) is 4. The third kappa shape index (κ3) is 7.11. The fraction of sp³-hybridized carbons (Fsp3) is 0.304. The number of likely N-dealkylation sites (N-methyl/N-ethyl adjacent to an activating group) is 1. The van der Waals surface area contributed by atoms with Gasteiger partial charge in [0.05, 0.1) is 16.7 Å². The van der Waals surface area contributed by atoms with Gasteiger partial charge in [-0.05, 0) is 64.0 Å². The van der Waals surface area contributed by atoms with Gasteiger partial charge in [0.25, 0.3) is 5.91 Å². The van der Waals surface area contributed by atoms with E-state index in [1.54, 1.807) is 26.1 Å². The molecule has 3 N–H and O–H groups in total. The van der Waals surface area contributed by atoms with E-state index >= 15 is 0 Å². The first kappa shape index (κ1) is 29.6. The Bertz CT molecular complexity index is 1310. The summed E-state index contributed by atoms with van der Waals surface area (Å²) in [6.45, 7) is 1.55. The van der Waals surface area contributed by atoms with Crippen molar-refractivity contribution in [2.24, 2.45) is 0 Å². The van der Waals surface area contributed by atoms with E-state index in [9.17, 15) is 23.5 Å². The van der Waals surface area contributed by atoms with Crippen molar-refractivity contribution in [2.75, 3.05) is 30.9 Å². The van der Waals surface area contributed by atoms with Gasteiger partial charge < -0.3 is 30.1 Å². The summed E-state index contributed by atoms with van der Waals surface area (Å²) >= 11 is 6.58. The summed E-state index contributed by atoms with van der Waals surface area (Å²) in [4.78, 5) is 30.0. The number of hydrogen-bond acceptors (Lipinski definition) is 9. The predicted molar refractivity (Wildman–Crippen MR) is 140 cm³/mol. The molecular weight excluding hydrogens is 638 g/mol. The molecule has 0 saturated carbocycles. The van der Waals surface area contributed by atoms with Crippen molar-refractivity contribution in [3.8, 4) is 0 Å². The second-order valence-electron chi connectivity index (χ2n) is 7.83. The van der Waals surface area contributed by atoms with E-state index in [0.717, 1.165) is 12.1 Å². The number of nitrogens with one attached hydrogen (secondary N) is 2. The van der Waals surface area contributed by atoms with Crippen LogP contribution in [0.4, 0.5) is 20.3 Å². The molecule has 2 heterocycles. The van der Waals surface area contributed by atoms with Crippen LogP contribution in [-0.2, 0) is 20.9 Å². The summed E-state index contributed by atoms with van der Waals surface area (Å²) in [6.07, 6.45) is -0.924. The molecule has 0 saturated heterocycles. The Morgan fingerprint density at radius 3 is 2.68 bits per heavy atom. The van der Waals surface area contributed by atoms with Crippen LogP contribution in [0.3, 0.4) is 0 Å². The lowest BCUT2D eigenvalue weighted by molar-refractivity contribution is -0.156. The van der Waals surface area contributed by atoms with Gasteiger partial charge in [-0.2, -0.15) is 5.10 Å². The summed E-state index contributed by atoms with van der Waals surface area (Å²) < 4.78 is 39.8. The van der Waals surface area contributed by atoms with Crippen molar-refractivity contribution >= 4 is 55.2 Å². The first-order chi connectivity index (χ1) is 18.0. The Kier molecular flexibility index (Phi) is 10.3. The molecule has 0 radical (unpaired) electrons.